The molecule has 2 aromatic rings. The number of hydrogen-bond donors (Lipinski definition) is 0. The number of aryl methyl sites for hydroxylation is 2. The van der Waals surface area contributed by atoms with Gasteiger partial charge in [0.05, 0.1) is 5.01 Å². The zero-order chi connectivity index (χ0) is 11.7. The number of rotatable bonds is 2. The van der Waals surface area contributed by atoms with Gasteiger partial charge < -0.3 is 0 Å². The van der Waals surface area contributed by atoms with Gasteiger partial charge in [-0.25, -0.2) is 9.37 Å². The standard InChI is InChI=1S/C12H10FNOS/c1-7-3-4-9(13)5-10(7)12(15)11-6-16-8(2)14-11/h3-6H,1-2H3. The lowest BCUT2D eigenvalue weighted by Crippen LogP contribution is -2.04. The molecule has 0 saturated carbocycles. The van der Waals surface area contributed by atoms with Crippen molar-refractivity contribution >= 4 is 17.1 Å². The Bertz CT molecular complexity index is 548. The Morgan fingerprint density at radius 1 is 1.38 bits per heavy atom. The third-order valence-electron chi connectivity index (χ3n) is 2.30. The summed E-state index contributed by atoms with van der Waals surface area (Å²) < 4.78 is 13.1. The second-order valence-electron chi connectivity index (χ2n) is 3.54. The van der Waals surface area contributed by atoms with Crippen LogP contribution in [0, 0.1) is 19.7 Å². The van der Waals surface area contributed by atoms with Crippen LogP contribution in [-0.2, 0) is 0 Å². The van der Waals surface area contributed by atoms with Gasteiger partial charge in [-0.05, 0) is 31.5 Å². The minimum Gasteiger partial charge on any atom is -0.287 e. The van der Waals surface area contributed by atoms with E-state index in [-0.39, 0.29) is 5.78 Å². The number of aromatic nitrogens is 1. The molecule has 1 aromatic carbocycles. The monoisotopic (exact) mass is 235 g/mol. The molecule has 16 heavy (non-hydrogen) atoms. The van der Waals surface area contributed by atoms with Gasteiger partial charge >= 0.3 is 0 Å². The maximum absolute atomic E-state index is 13.1. The molecular formula is C12H10FNOS. The average Bonchev–Trinajstić information content (AvgIpc) is 2.67. The zero-order valence-corrected chi connectivity index (χ0v) is 9.77. The van der Waals surface area contributed by atoms with Crippen molar-refractivity contribution in [2.45, 2.75) is 13.8 Å². The van der Waals surface area contributed by atoms with E-state index in [0.717, 1.165) is 10.6 Å². The maximum Gasteiger partial charge on any atom is 0.212 e. The summed E-state index contributed by atoms with van der Waals surface area (Å²) in [6.07, 6.45) is 0. The van der Waals surface area contributed by atoms with Crippen LogP contribution >= 0.6 is 11.3 Å². The molecule has 0 radical (unpaired) electrons. The number of carbonyl (C=O) groups is 1. The number of hydrogen-bond acceptors (Lipinski definition) is 3. The molecule has 82 valence electrons. The molecule has 2 nitrogen and oxygen atoms in total. The maximum atomic E-state index is 13.1. The largest absolute Gasteiger partial charge is 0.287 e. The number of ketones is 1. The van der Waals surface area contributed by atoms with Crippen LogP contribution in [0.4, 0.5) is 4.39 Å². The van der Waals surface area contributed by atoms with Crippen LogP contribution in [-0.4, -0.2) is 10.8 Å². The lowest BCUT2D eigenvalue weighted by Gasteiger charge is -2.02. The number of nitrogens with zero attached hydrogens (tertiary/aromatic N) is 1. The van der Waals surface area contributed by atoms with Gasteiger partial charge in [-0.1, -0.05) is 6.07 Å². The Hall–Kier alpha value is -1.55. The molecule has 0 unspecified atom stereocenters. The first-order valence-electron chi connectivity index (χ1n) is 4.81. The van der Waals surface area contributed by atoms with Crippen molar-refractivity contribution in [1.82, 2.24) is 4.98 Å². The molecule has 0 bridgehead atoms. The number of carbonyl (C=O) groups excluding carboxylic acids is 1. The highest BCUT2D eigenvalue weighted by Gasteiger charge is 2.15. The Morgan fingerprint density at radius 2 is 2.12 bits per heavy atom. The van der Waals surface area contributed by atoms with Crippen molar-refractivity contribution in [3.63, 3.8) is 0 Å². The second-order valence-corrected chi connectivity index (χ2v) is 4.60. The summed E-state index contributed by atoms with van der Waals surface area (Å²) in [5.74, 6) is -0.623. The summed E-state index contributed by atoms with van der Waals surface area (Å²) in [7, 11) is 0. The Labute approximate surface area is 96.8 Å². The fourth-order valence-corrected chi connectivity index (χ4v) is 2.04. The van der Waals surface area contributed by atoms with Gasteiger partial charge in [0.2, 0.25) is 5.78 Å². The molecule has 0 aliphatic carbocycles. The molecule has 0 fully saturated rings. The third kappa shape index (κ3) is 2.02. The van der Waals surface area contributed by atoms with Crippen LogP contribution in [0.15, 0.2) is 23.6 Å². The topological polar surface area (TPSA) is 30.0 Å². The molecule has 0 aliphatic rings. The molecule has 1 heterocycles. The highest BCUT2D eigenvalue weighted by Crippen LogP contribution is 2.17. The van der Waals surface area contributed by atoms with E-state index in [1.54, 1.807) is 18.4 Å². The summed E-state index contributed by atoms with van der Waals surface area (Å²) in [5, 5.41) is 2.53. The molecule has 0 atom stereocenters. The first-order chi connectivity index (χ1) is 7.58. The van der Waals surface area contributed by atoms with E-state index in [2.05, 4.69) is 4.98 Å². The number of halogens is 1. The summed E-state index contributed by atoms with van der Waals surface area (Å²) in [6.45, 7) is 3.62. The lowest BCUT2D eigenvalue weighted by molar-refractivity contribution is 0.103. The van der Waals surface area contributed by atoms with Crippen LogP contribution in [0.2, 0.25) is 0 Å². The average molecular weight is 235 g/mol. The molecule has 0 saturated heterocycles. The molecule has 0 spiro atoms. The molecule has 2 rings (SSSR count). The first-order valence-corrected chi connectivity index (χ1v) is 5.69. The fourth-order valence-electron chi connectivity index (χ4n) is 1.44. The van der Waals surface area contributed by atoms with Crippen LogP contribution in [0.25, 0.3) is 0 Å². The van der Waals surface area contributed by atoms with Gasteiger partial charge in [-0.2, -0.15) is 0 Å². The summed E-state index contributed by atoms with van der Waals surface area (Å²) in [6, 6.07) is 4.20. The van der Waals surface area contributed by atoms with E-state index in [0.29, 0.717) is 11.3 Å². The Kier molecular flexibility index (Phi) is 2.83. The van der Waals surface area contributed by atoms with Gasteiger partial charge in [0.25, 0.3) is 0 Å². The van der Waals surface area contributed by atoms with E-state index >= 15 is 0 Å². The van der Waals surface area contributed by atoms with Gasteiger partial charge in [-0.3, -0.25) is 4.79 Å². The van der Waals surface area contributed by atoms with Crippen LogP contribution in [0.1, 0.15) is 26.6 Å². The van der Waals surface area contributed by atoms with Crippen LogP contribution in [0.5, 0.6) is 0 Å². The molecule has 1 aromatic heterocycles. The second kappa shape index (κ2) is 4.14. The van der Waals surface area contributed by atoms with Crippen molar-refractivity contribution in [3.8, 4) is 0 Å². The van der Waals surface area contributed by atoms with Gasteiger partial charge in [0.1, 0.15) is 11.5 Å². The lowest BCUT2D eigenvalue weighted by atomic mass is 10.0. The molecule has 0 amide bonds. The van der Waals surface area contributed by atoms with Crippen molar-refractivity contribution in [2.24, 2.45) is 0 Å². The molecule has 0 N–H and O–H groups in total. The highest BCUT2D eigenvalue weighted by atomic mass is 32.1. The first kappa shape index (κ1) is 11.0. The third-order valence-corrected chi connectivity index (χ3v) is 3.07. The zero-order valence-electron chi connectivity index (χ0n) is 8.95. The minimum atomic E-state index is -0.402. The Balaban J connectivity index is 2.45. The number of thiazole rings is 1. The van der Waals surface area contributed by atoms with E-state index < -0.39 is 5.82 Å². The predicted molar refractivity (Wildman–Crippen MR) is 61.4 cm³/mol. The SMILES string of the molecule is Cc1nc(C(=O)c2cc(F)ccc2C)cs1. The van der Waals surface area contributed by atoms with Gasteiger partial charge in [-0.15, -0.1) is 11.3 Å². The predicted octanol–water partition coefficient (Wildman–Crippen LogP) is 3.13. The molecular weight excluding hydrogens is 225 g/mol. The normalized spacial score (nSPS) is 10.4. The fraction of sp³-hybridized carbons (Fsp3) is 0.167. The summed E-state index contributed by atoms with van der Waals surface area (Å²) in [4.78, 5) is 16.1. The molecule has 0 aliphatic heterocycles. The van der Waals surface area contributed by atoms with E-state index in [9.17, 15) is 9.18 Å². The number of benzene rings is 1. The summed E-state index contributed by atoms with van der Waals surface area (Å²) in [5.41, 5.74) is 1.53. The summed E-state index contributed by atoms with van der Waals surface area (Å²) >= 11 is 1.41. The van der Waals surface area contributed by atoms with Crippen molar-refractivity contribution in [3.05, 3.63) is 51.2 Å². The van der Waals surface area contributed by atoms with Crippen LogP contribution < -0.4 is 0 Å². The van der Waals surface area contributed by atoms with Crippen molar-refractivity contribution < 1.29 is 9.18 Å². The Morgan fingerprint density at radius 3 is 2.75 bits per heavy atom. The van der Waals surface area contributed by atoms with Crippen LogP contribution in [0.3, 0.4) is 0 Å². The van der Waals surface area contributed by atoms with Gasteiger partial charge in [0, 0.05) is 10.9 Å². The highest BCUT2D eigenvalue weighted by molar-refractivity contribution is 7.09. The van der Waals surface area contributed by atoms with Crippen molar-refractivity contribution in [2.75, 3.05) is 0 Å². The molecule has 4 heteroatoms. The van der Waals surface area contributed by atoms with Crippen molar-refractivity contribution in [1.29, 1.82) is 0 Å². The van der Waals surface area contributed by atoms with E-state index in [1.807, 2.05) is 6.92 Å². The van der Waals surface area contributed by atoms with E-state index in [1.165, 1.54) is 23.5 Å². The smallest absolute Gasteiger partial charge is 0.212 e. The minimum absolute atomic E-state index is 0.221. The quantitative estimate of drug-likeness (QED) is 0.748. The van der Waals surface area contributed by atoms with E-state index in [4.69, 9.17) is 0 Å². The van der Waals surface area contributed by atoms with Gasteiger partial charge in [0.15, 0.2) is 0 Å².